The first-order valence-electron chi connectivity index (χ1n) is 11.2. The van der Waals surface area contributed by atoms with Crippen molar-refractivity contribution in [2.45, 2.75) is 20.1 Å². The molecular weight excluding hydrogens is 513 g/mol. The molecule has 0 unspecified atom stereocenters. The number of hydrogen-bond donors (Lipinski definition) is 1. The molecule has 5 nitrogen and oxygen atoms in total. The van der Waals surface area contributed by atoms with E-state index in [9.17, 15) is 4.79 Å². The zero-order valence-corrected chi connectivity index (χ0v) is 20.8. The third-order valence-corrected chi connectivity index (χ3v) is 5.90. The summed E-state index contributed by atoms with van der Waals surface area (Å²) in [6.45, 7) is 2.41. The fourth-order valence-electron chi connectivity index (χ4n) is 3.57. The van der Waals surface area contributed by atoms with Gasteiger partial charge in [-0.2, -0.15) is 0 Å². The van der Waals surface area contributed by atoms with E-state index >= 15 is 4.39 Å². The fraction of sp³-hybridized carbons (Fsp3) is 0.179. The molecule has 0 saturated heterocycles. The normalized spacial score (nSPS) is 10.7. The van der Waals surface area contributed by atoms with Crippen LogP contribution in [0.4, 0.5) is 10.1 Å². The topological polar surface area (TPSA) is 56.8 Å². The van der Waals surface area contributed by atoms with Crippen LogP contribution < -0.4 is 14.8 Å². The van der Waals surface area contributed by atoms with Crippen LogP contribution in [0.3, 0.4) is 0 Å². The number of carbonyl (C=O) groups is 1. The van der Waals surface area contributed by atoms with Crippen LogP contribution in [-0.2, 0) is 22.7 Å². The molecule has 35 heavy (non-hydrogen) atoms. The highest BCUT2D eigenvalue weighted by molar-refractivity contribution is 9.10. The predicted octanol–water partition coefficient (Wildman–Crippen LogP) is 6.87. The Bertz CT molecular complexity index is 1300. The maximum absolute atomic E-state index is 15.7. The fourth-order valence-corrected chi connectivity index (χ4v) is 4.03. The Morgan fingerprint density at radius 3 is 2.06 bits per heavy atom. The summed E-state index contributed by atoms with van der Waals surface area (Å²) >= 11 is 3.49. The molecule has 1 N–H and O–H groups in total. The van der Waals surface area contributed by atoms with Crippen molar-refractivity contribution in [1.82, 2.24) is 0 Å². The van der Waals surface area contributed by atoms with Gasteiger partial charge in [-0.05, 0) is 57.6 Å². The van der Waals surface area contributed by atoms with Gasteiger partial charge in [0.25, 0.3) is 0 Å². The first kappa shape index (κ1) is 24.5. The molecule has 0 heterocycles. The summed E-state index contributed by atoms with van der Waals surface area (Å²) in [7, 11) is 0. The Morgan fingerprint density at radius 2 is 1.46 bits per heavy atom. The van der Waals surface area contributed by atoms with Crippen molar-refractivity contribution in [2.75, 3.05) is 18.5 Å². The van der Waals surface area contributed by atoms with E-state index in [1.807, 2.05) is 60.7 Å². The molecule has 0 amide bonds. The molecule has 0 aliphatic carbocycles. The summed E-state index contributed by atoms with van der Waals surface area (Å²) in [6.07, 6.45) is 0. The van der Waals surface area contributed by atoms with Gasteiger partial charge in [-0.1, -0.05) is 60.7 Å². The number of carbonyl (C=O) groups excluding carboxylic acids is 1. The van der Waals surface area contributed by atoms with E-state index in [4.69, 9.17) is 14.2 Å². The average molecular weight is 538 g/mol. The quantitative estimate of drug-likeness (QED) is 0.223. The van der Waals surface area contributed by atoms with Crippen LogP contribution in [0.15, 0.2) is 83.3 Å². The second-order valence-corrected chi connectivity index (χ2v) is 8.63. The van der Waals surface area contributed by atoms with Gasteiger partial charge in [0.2, 0.25) is 0 Å². The lowest BCUT2D eigenvalue weighted by Gasteiger charge is -2.17. The van der Waals surface area contributed by atoms with Crippen molar-refractivity contribution in [1.29, 1.82) is 0 Å². The van der Waals surface area contributed by atoms with E-state index in [2.05, 4.69) is 21.2 Å². The second-order valence-electron chi connectivity index (χ2n) is 7.77. The first-order valence-corrected chi connectivity index (χ1v) is 12.0. The van der Waals surface area contributed by atoms with E-state index in [0.29, 0.717) is 33.4 Å². The van der Waals surface area contributed by atoms with Gasteiger partial charge in [-0.15, -0.1) is 0 Å². The van der Waals surface area contributed by atoms with E-state index in [1.54, 1.807) is 25.1 Å². The van der Waals surface area contributed by atoms with E-state index in [0.717, 1.165) is 11.1 Å². The lowest BCUT2D eigenvalue weighted by Crippen LogP contribution is -2.18. The van der Waals surface area contributed by atoms with Crippen molar-refractivity contribution in [3.8, 4) is 11.5 Å². The number of benzene rings is 4. The number of fused-ring (bicyclic) bond motifs is 1. The molecule has 4 aromatic rings. The molecule has 0 aliphatic rings. The summed E-state index contributed by atoms with van der Waals surface area (Å²) in [5, 5.41) is 3.83. The molecule has 4 aromatic carbocycles. The Kier molecular flexibility index (Phi) is 8.21. The van der Waals surface area contributed by atoms with Crippen molar-refractivity contribution < 1.29 is 23.4 Å². The van der Waals surface area contributed by atoms with Gasteiger partial charge in [0, 0.05) is 5.39 Å². The number of ether oxygens (including phenoxy) is 3. The third-order valence-electron chi connectivity index (χ3n) is 5.28. The molecule has 7 heteroatoms. The van der Waals surface area contributed by atoms with Crippen LogP contribution in [0.25, 0.3) is 10.8 Å². The van der Waals surface area contributed by atoms with Crippen molar-refractivity contribution in [3.63, 3.8) is 0 Å². The number of nitrogens with one attached hydrogen (secondary N) is 1. The van der Waals surface area contributed by atoms with Crippen LogP contribution in [0.2, 0.25) is 0 Å². The van der Waals surface area contributed by atoms with Gasteiger partial charge in [-0.3, -0.25) is 4.79 Å². The summed E-state index contributed by atoms with van der Waals surface area (Å²) in [4.78, 5) is 11.9. The molecule has 0 atom stereocenters. The number of anilines is 1. The molecule has 180 valence electrons. The Balaban J connectivity index is 1.66. The van der Waals surface area contributed by atoms with Crippen LogP contribution in [0, 0.1) is 5.82 Å². The maximum Gasteiger partial charge on any atom is 0.325 e. The molecule has 0 aromatic heterocycles. The van der Waals surface area contributed by atoms with Gasteiger partial charge in [-0.25, -0.2) is 4.39 Å². The molecule has 0 bridgehead atoms. The minimum atomic E-state index is -0.523. The molecule has 0 radical (unpaired) electrons. The van der Waals surface area contributed by atoms with Gasteiger partial charge >= 0.3 is 5.97 Å². The van der Waals surface area contributed by atoms with Crippen LogP contribution in [0.1, 0.15) is 18.1 Å². The summed E-state index contributed by atoms with van der Waals surface area (Å²) in [5.74, 6) is -0.126. The number of rotatable bonds is 10. The van der Waals surface area contributed by atoms with Gasteiger partial charge in [0.05, 0.1) is 11.1 Å². The molecule has 0 fully saturated rings. The Labute approximate surface area is 212 Å². The minimum absolute atomic E-state index is 0.103. The summed E-state index contributed by atoms with van der Waals surface area (Å²) in [5.41, 5.74) is 2.06. The second kappa shape index (κ2) is 11.7. The van der Waals surface area contributed by atoms with Crippen molar-refractivity contribution >= 4 is 38.4 Å². The van der Waals surface area contributed by atoms with Crippen LogP contribution >= 0.6 is 15.9 Å². The van der Waals surface area contributed by atoms with E-state index in [-0.39, 0.29) is 25.4 Å². The first-order chi connectivity index (χ1) is 17.0. The lowest BCUT2D eigenvalue weighted by molar-refractivity contribution is -0.140. The molecule has 0 aliphatic heterocycles. The van der Waals surface area contributed by atoms with Gasteiger partial charge in [0.1, 0.15) is 36.9 Å². The predicted molar refractivity (Wildman–Crippen MR) is 138 cm³/mol. The lowest BCUT2D eigenvalue weighted by atomic mass is 10.1. The monoisotopic (exact) mass is 537 g/mol. The smallest absolute Gasteiger partial charge is 0.325 e. The minimum Gasteiger partial charge on any atom is -0.488 e. The highest BCUT2D eigenvalue weighted by Gasteiger charge is 2.18. The maximum atomic E-state index is 15.7. The highest BCUT2D eigenvalue weighted by atomic mass is 79.9. The van der Waals surface area contributed by atoms with Gasteiger partial charge in [0.15, 0.2) is 5.82 Å². The SMILES string of the molecule is CCOC(=O)CNc1c(OCc2ccccc2)cc2cc(OCc3ccccc3)c(Br)cc2c1F. The summed E-state index contributed by atoms with van der Waals surface area (Å²) in [6, 6.07) is 24.6. The van der Waals surface area contributed by atoms with E-state index in [1.165, 1.54) is 0 Å². The van der Waals surface area contributed by atoms with Crippen molar-refractivity contribution in [2.24, 2.45) is 0 Å². The Morgan fingerprint density at radius 1 is 0.886 bits per heavy atom. The summed E-state index contributed by atoms with van der Waals surface area (Å²) < 4.78 is 33.3. The number of esters is 1. The zero-order chi connectivity index (χ0) is 24.6. The van der Waals surface area contributed by atoms with E-state index < -0.39 is 11.8 Å². The van der Waals surface area contributed by atoms with Crippen LogP contribution in [-0.4, -0.2) is 19.1 Å². The number of hydrogen-bond acceptors (Lipinski definition) is 5. The standard InChI is InChI=1S/C28H25BrFNO4/c1-2-33-26(32)16-31-28-25(35-18-20-11-7-4-8-12-20)14-21-13-24(23(29)15-22(21)27(28)30)34-17-19-9-5-3-6-10-19/h3-15,31H,2,16-18H2,1H3. The zero-order valence-electron chi connectivity index (χ0n) is 19.2. The van der Waals surface area contributed by atoms with Crippen LogP contribution in [0.5, 0.6) is 11.5 Å². The average Bonchev–Trinajstić information content (AvgIpc) is 2.88. The molecule has 0 spiro atoms. The third kappa shape index (κ3) is 6.31. The number of halogens is 2. The highest BCUT2D eigenvalue weighted by Crippen LogP contribution is 2.39. The molecule has 4 rings (SSSR count). The molecule has 0 saturated carbocycles. The Hall–Kier alpha value is -3.58. The van der Waals surface area contributed by atoms with Gasteiger partial charge < -0.3 is 19.5 Å². The largest absolute Gasteiger partial charge is 0.488 e. The molecular formula is C28H25BrFNO4. The van der Waals surface area contributed by atoms with Crippen molar-refractivity contribution in [3.05, 3.63) is 100 Å².